The molecule has 6 heteroatoms. The third-order valence-electron chi connectivity index (χ3n) is 4.09. The van der Waals surface area contributed by atoms with Crippen LogP contribution < -0.4 is 4.90 Å². The van der Waals surface area contributed by atoms with E-state index in [1.165, 1.54) is 12.1 Å². The molecule has 1 atom stereocenters. The minimum atomic E-state index is -4.34. The summed E-state index contributed by atoms with van der Waals surface area (Å²) < 4.78 is 37.6. The highest BCUT2D eigenvalue weighted by atomic mass is 19.4. The number of nitrogens with zero attached hydrogens (tertiary/aromatic N) is 1. The second kappa shape index (κ2) is 5.24. The molecule has 0 saturated carbocycles. The number of aliphatic carboxylic acids is 1. The van der Waals surface area contributed by atoms with Gasteiger partial charge in [-0.2, -0.15) is 13.2 Å². The number of hydrogen-bond acceptors (Lipinski definition) is 2. The van der Waals surface area contributed by atoms with Crippen LogP contribution >= 0.6 is 0 Å². The molecular weight excluding hydrogens is 283 g/mol. The van der Waals surface area contributed by atoms with Crippen LogP contribution in [-0.2, 0) is 11.0 Å². The molecule has 0 spiro atoms. The van der Waals surface area contributed by atoms with Crippen molar-refractivity contribution in [3.63, 3.8) is 0 Å². The summed E-state index contributed by atoms with van der Waals surface area (Å²) in [6, 6.07) is 5.01. The average Bonchev–Trinajstić information content (AvgIpc) is 2.36. The fourth-order valence-corrected chi connectivity index (χ4v) is 2.90. The summed E-state index contributed by atoms with van der Waals surface area (Å²) in [6.45, 7) is 4.80. The topological polar surface area (TPSA) is 40.5 Å². The van der Waals surface area contributed by atoms with Crippen LogP contribution in [0.1, 0.15) is 25.8 Å². The molecule has 1 aromatic carbocycles. The van der Waals surface area contributed by atoms with Crippen LogP contribution in [0.25, 0.3) is 0 Å². The molecule has 3 nitrogen and oxygen atoms in total. The lowest BCUT2D eigenvalue weighted by Crippen LogP contribution is -2.48. The van der Waals surface area contributed by atoms with Crippen molar-refractivity contribution in [1.29, 1.82) is 0 Å². The van der Waals surface area contributed by atoms with Gasteiger partial charge in [0.2, 0.25) is 0 Å². The highest BCUT2D eigenvalue weighted by Crippen LogP contribution is 2.37. The van der Waals surface area contributed by atoms with E-state index in [1.54, 1.807) is 0 Å². The van der Waals surface area contributed by atoms with E-state index in [1.807, 2.05) is 18.7 Å². The van der Waals surface area contributed by atoms with E-state index in [-0.39, 0.29) is 0 Å². The van der Waals surface area contributed by atoms with Gasteiger partial charge < -0.3 is 10.0 Å². The van der Waals surface area contributed by atoms with E-state index in [2.05, 4.69) is 0 Å². The number of carboxylic acids is 1. The molecule has 1 heterocycles. The van der Waals surface area contributed by atoms with E-state index in [0.717, 1.165) is 12.1 Å². The molecule has 1 aromatic rings. The Bertz CT molecular complexity index is 523. The minimum absolute atomic E-state index is 0.424. The maximum absolute atomic E-state index is 12.5. The SMILES string of the molecule is CC1(C)CN(c2ccc(C(F)(F)F)cc2)CCC1C(=O)O. The van der Waals surface area contributed by atoms with Crippen LogP contribution in [-0.4, -0.2) is 24.2 Å². The van der Waals surface area contributed by atoms with E-state index < -0.39 is 29.0 Å². The number of alkyl halides is 3. The van der Waals surface area contributed by atoms with Crippen molar-refractivity contribution in [3.05, 3.63) is 29.8 Å². The van der Waals surface area contributed by atoms with Gasteiger partial charge in [-0.05, 0) is 36.1 Å². The maximum Gasteiger partial charge on any atom is 0.416 e. The van der Waals surface area contributed by atoms with E-state index in [9.17, 15) is 23.1 Å². The van der Waals surface area contributed by atoms with Gasteiger partial charge in [-0.25, -0.2) is 0 Å². The summed E-state index contributed by atoms with van der Waals surface area (Å²) in [7, 11) is 0. The molecule has 1 N–H and O–H groups in total. The van der Waals surface area contributed by atoms with E-state index in [0.29, 0.717) is 25.2 Å². The molecule has 116 valence electrons. The van der Waals surface area contributed by atoms with Crippen molar-refractivity contribution in [3.8, 4) is 0 Å². The molecule has 1 aliphatic rings. The van der Waals surface area contributed by atoms with E-state index >= 15 is 0 Å². The number of rotatable bonds is 2. The predicted octanol–water partition coefficient (Wildman–Crippen LogP) is 3.64. The maximum atomic E-state index is 12.5. The summed E-state index contributed by atoms with van der Waals surface area (Å²) >= 11 is 0. The van der Waals surface area contributed by atoms with Crippen LogP contribution in [0.3, 0.4) is 0 Å². The van der Waals surface area contributed by atoms with Gasteiger partial charge in [0.1, 0.15) is 0 Å². The fraction of sp³-hybridized carbons (Fsp3) is 0.533. The monoisotopic (exact) mass is 301 g/mol. The van der Waals surface area contributed by atoms with Crippen LogP contribution in [0.4, 0.5) is 18.9 Å². The Morgan fingerprint density at radius 2 is 1.86 bits per heavy atom. The van der Waals surface area contributed by atoms with Crippen molar-refractivity contribution < 1.29 is 23.1 Å². The summed E-state index contributed by atoms with van der Waals surface area (Å²) in [6.07, 6.45) is -3.85. The number of benzene rings is 1. The van der Waals surface area contributed by atoms with Crippen molar-refractivity contribution >= 4 is 11.7 Å². The highest BCUT2D eigenvalue weighted by molar-refractivity contribution is 5.71. The molecule has 2 rings (SSSR count). The van der Waals surface area contributed by atoms with Crippen LogP contribution in [0, 0.1) is 11.3 Å². The number of carbonyl (C=O) groups is 1. The van der Waals surface area contributed by atoms with Crippen LogP contribution in [0.5, 0.6) is 0 Å². The molecule has 1 unspecified atom stereocenters. The molecule has 0 radical (unpaired) electrons. The van der Waals surface area contributed by atoms with Gasteiger partial charge in [0.05, 0.1) is 11.5 Å². The summed E-state index contributed by atoms with van der Waals surface area (Å²) in [5.41, 5.74) is -0.405. The molecule has 1 saturated heterocycles. The standard InChI is InChI=1S/C15H18F3NO2/c1-14(2)9-19(8-7-12(14)13(20)21)11-5-3-10(4-6-11)15(16,17)18/h3-6,12H,7-9H2,1-2H3,(H,20,21). The molecular formula is C15H18F3NO2. The second-order valence-corrected chi connectivity index (χ2v) is 6.13. The summed E-state index contributed by atoms with van der Waals surface area (Å²) in [5, 5.41) is 9.21. The van der Waals surface area contributed by atoms with Crippen molar-refractivity contribution in [2.45, 2.75) is 26.4 Å². The zero-order valence-corrected chi connectivity index (χ0v) is 11.9. The molecule has 1 fully saturated rings. The van der Waals surface area contributed by atoms with Crippen molar-refractivity contribution in [2.24, 2.45) is 11.3 Å². The Morgan fingerprint density at radius 1 is 1.29 bits per heavy atom. The Morgan fingerprint density at radius 3 is 2.29 bits per heavy atom. The Kier molecular flexibility index (Phi) is 3.91. The van der Waals surface area contributed by atoms with Gasteiger partial charge in [0.25, 0.3) is 0 Å². The smallest absolute Gasteiger partial charge is 0.416 e. The number of halogens is 3. The molecule has 0 bridgehead atoms. The normalized spacial score (nSPS) is 22.1. The van der Waals surface area contributed by atoms with Crippen molar-refractivity contribution in [1.82, 2.24) is 0 Å². The minimum Gasteiger partial charge on any atom is -0.481 e. The van der Waals surface area contributed by atoms with E-state index in [4.69, 9.17) is 0 Å². The first-order valence-corrected chi connectivity index (χ1v) is 6.76. The molecule has 0 aliphatic carbocycles. The molecule has 0 amide bonds. The quantitative estimate of drug-likeness (QED) is 0.906. The number of carboxylic acid groups (broad SMARTS) is 1. The zero-order valence-electron chi connectivity index (χ0n) is 11.9. The first kappa shape index (κ1) is 15.7. The van der Waals surface area contributed by atoms with Crippen LogP contribution in [0.15, 0.2) is 24.3 Å². The zero-order chi connectivity index (χ0) is 15.8. The van der Waals surface area contributed by atoms with Crippen LogP contribution in [0.2, 0.25) is 0 Å². The van der Waals surface area contributed by atoms with Gasteiger partial charge >= 0.3 is 12.1 Å². The summed E-state index contributed by atoms with van der Waals surface area (Å²) in [4.78, 5) is 13.2. The lowest BCUT2D eigenvalue weighted by Gasteiger charge is -2.43. The van der Waals surface area contributed by atoms with Gasteiger partial charge in [-0.15, -0.1) is 0 Å². The number of hydrogen-bond donors (Lipinski definition) is 1. The van der Waals surface area contributed by atoms with Crippen molar-refractivity contribution in [2.75, 3.05) is 18.0 Å². The van der Waals surface area contributed by atoms with Gasteiger partial charge in [-0.1, -0.05) is 13.8 Å². The Balaban J connectivity index is 2.16. The third-order valence-corrected chi connectivity index (χ3v) is 4.09. The first-order valence-electron chi connectivity index (χ1n) is 6.76. The van der Waals surface area contributed by atoms with Gasteiger partial charge in [-0.3, -0.25) is 4.79 Å². The number of anilines is 1. The van der Waals surface area contributed by atoms with Gasteiger partial charge in [0.15, 0.2) is 0 Å². The Hall–Kier alpha value is -1.72. The first-order chi connectivity index (χ1) is 9.61. The largest absolute Gasteiger partial charge is 0.481 e. The van der Waals surface area contributed by atoms with Gasteiger partial charge in [0, 0.05) is 18.8 Å². The predicted molar refractivity (Wildman–Crippen MR) is 73.2 cm³/mol. The average molecular weight is 301 g/mol. The summed E-state index contributed by atoms with van der Waals surface area (Å²) in [5.74, 6) is -1.24. The molecule has 0 aromatic heterocycles. The second-order valence-electron chi connectivity index (χ2n) is 6.13. The lowest BCUT2D eigenvalue weighted by atomic mass is 9.74. The fourth-order valence-electron chi connectivity index (χ4n) is 2.90. The number of piperidine rings is 1. The third kappa shape index (κ3) is 3.31. The molecule has 21 heavy (non-hydrogen) atoms. The Labute approximate surface area is 121 Å². The highest BCUT2D eigenvalue weighted by Gasteiger charge is 2.40. The molecule has 1 aliphatic heterocycles. The lowest BCUT2D eigenvalue weighted by molar-refractivity contribution is -0.146.